The molecule has 0 N–H and O–H groups in total. The SMILES string of the molecule is CCCC(c1cccc2ccccc12)C(C)C. The molecular weight excluding hydrogens is 204 g/mol. The van der Waals surface area contributed by atoms with Crippen molar-refractivity contribution in [3.8, 4) is 0 Å². The van der Waals surface area contributed by atoms with Crippen LogP contribution in [0.2, 0.25) is 0 Å². The third-order valence-electron chi connectivity index (χ3n) is 3.63. The van der Waals surface area contributed by atoms with Gasteiger partial charge in [0.05, 0.1) is 0 Å². The minimum absolute atomic E-state index is 0.686. The van der Waals surface area contributed by atoms with Crippen LogP contribution < -0.4 is 0 Å². The molecule has 0 heteroatoms. The molecule has 0 aliphatic heterocycles. The molecular formula is C17H22. The summed E-state index contributed by atoms with van der Waals surface area (Å²) in [7, 11) is 0. The molecule has 0 spiro atoms. The molecule has 0 saturated heterocycles. The van der Waals surface area contributed by atoms with Crippen molar-refractivity contribution in [1.29, 1.82) is 0 Å². The van der Waals surface area contributed by atoms with E-state index in [0.717, 1.165) is 0 Å². The zero-order chi connectivity index (χ0) is 12.3. The molecule has 90 valence electrons. The van der Waals surface area contributed by atoms with E-state index in [4.69, 9.17) is 0 Å². The zero-order valence-electron chi connectivity index (χ0n) is 11.1. The molecule has 0 saturated carbocycles. The monoisotopic (exact) mass is 226 g/mol. The average Bonchev–Trinajstić information content (AvgIpc) is 2.35. The van der Waals surface area contributed by atoms with Crippen molar-refractivity contribution in [2.24, 2.45) is 5.92 Å². The lowest BCUT2D eigenvalue weighted by molar-refractivity contribution is 0.466. The van der Waals surface area contributed by atoms with Gasteiger partial charge in [0.2, 0.25) is 0 Å². The second kappa shape index (κ2) is 5.35. The van der Waals surface area contributed by atoms with Crippen molar-refractivity contribution in [2.45, 2.75) is 39.5 Å². The van der Waals surface area contributed by atoms with E-state index in [9.17, 15) is 0 Å². The normalized spacial score (nSPS) is 13.2. The van der Waals surface area contributed by atoms with Gasteiger partial charge in [-0.2, -0.15) is 0 Å². The molecule has 2 aromatic carbocycles. The summed E-state index contributed by atoms with van der Waals surface area (Å²) in [5.41, 5.74) is 1.53. The minimum Gasteiger partial charge on any atom is -0.0654 e. The third-order valence-corrected chi connectivity index (χ3v) is 3.63. The van der Waals surface area contributed by atoms with Crippen LogP contribution in [0.4, 0.5) is 0 Å². The van der Waals surface area contributed by atoms with Crippen molar-refractivity contribution in [2.75, 3.05) is 0 Å². The molecule has 0 aromatic heterocycles. The van der Waals surface area contributed by atoms with Gasteiger partial charge in [0.25, 0.3) is 0 Å². The number of hydrogen-bond donors (Lipinski definition) is 0. The quantitative estimate of drug-likeness (QED) is 0.656. The van der Waals surface area contributed by atoms with Crippen molar-refractivity contribution in [1.82, 2.24) is 0 Å². The fourth-order valence-corrected chi connectivity index (χ4v) is 2.73. The van der Waals surface area contributed by atoms with Gasteiger partial charge in [0.1, 0.15) is 0 Å². The highest BCUT2D eigenvalue weighted by Gasteiger charge is 2.16. The number of hydrogen-bond acceptors (Lipinski definition) is 0. The van der Waals surface area contributed by atoms with Gasteiger partial charge in [0.15, 0.2) is 0 Å². The summed E-state index contributed by atoms with van der Waals surface area (Å²) in [6, 6.07) is 15.5. The molecule has 0 fully saturated rings. The molecule has 17 heavy (non-hydrogen) atoms. The minimum atomic E-state index is 0.686. The van der Waals surface area contributed by atoms with E-state index in [1.54, 1.807) is 0 Å². The van der Waals surface area contributed by atoms with E-state index in [1.165, 1.54) is 29.2 Å². The fraction of sp³-hybridized carbons (Fsp3) is 0.412. The Hall–Kier alpha value is -1.30. The van der Waals surface area contributed by atoms with Gasteiger partial charge in [-0.05, 0) is 34.6 Å². The molecule has 1 unspecified atom stereocenters. The van der Waals surface area contributed by atoms with E-state index < -0.39 is 0 Å². The van der Waals surface area contributed by atoms with Crippen LogP contribution in [-0.2, 0) is 0 Å². The Labute approximate surface area is 105 Å². The fourth-order valence-electron chi connectivity index (χ4n) is 2.73. The molecule has 0 aliphatic carbocycles. The Morgan fingerprint density at radius 2 is 1.65 bits per heavy atom. The Kier molecular flexibility index (Phi) is 3.83. The lowest BCUT2D eigenvalue weighted by Crippen LogP contribution is -2.07. The summed E-state index contributed by atoms with van der Waals surface area (Å²) in [6.07, 6.45) is 2.54. The van der Waals surface area contributed by atoms with Crippen molar-refractivity contribution in [3.05, 3.63) is 48.0 Å². The van der Waals surface area contributed by atoms with E-state index in [2.05, 4.69) is 63.2 Å². The zero-order valence-corrected chi connectivity index (χ0v) is 11.1. The van der Waals surface area contributed by atoms with Gasteiger partial charge < -0.3 is 0 Å². The van der Waals surface area contributed by atoms with E-state index in [1.807, 2.05) is 0 Å². The molecule has 2 aromatic rings. The van der Waals surface area contributed by atoms with Gasteiger partial charge in [-0.25, -0.2) is 0 Å². The van der Waals surface area contributed by atoms with Crippen molar-refractivity contribution in [3.63, 3.8) is 0 Å². The van der Waals surface area contributed by atoms with Crippen LogP contribution in [0.25, 0.3) is 10.8 Å². The first-order valence-corrected chi connectivity index (χ1v) is 6.71. The van der Waals surface area contributed by atoms with Gasteiger partial charge in [0, 0.05) is 0 Å². The summed E-state index contributed by atoms with van der Waals surface area (Å²) in [5, 5.41) is 2.80. The average molecular weight is 226 g/mol. The summed E-state index contributed by atoms with van der Waals surface area (Å²) in [4.78, 5) is 0. The first-order chi connectivity index (χ1) is 8.24. The first kappa shape index (κ1) is 12.2. The molecule has 0 heterocycles. The van der Waals surface area contributed by atoms with E-state index in [-0.39, 0.29) is 0 Å². The number of benzene rings is 2. The molecule has 0 amide bonds. The summed E-state index contributed by atoms with van der Waals surface area (Å²) in [5.74, 6) is 1.40. The van der Waals surface area contributed by atoms with Crippen LogP contribution in [0.1, 0.15) is 45.1 Å². The third kappa shape index (κ3) is 2.52. The van der Waals surface area contributed by atoms with Gasteiger partial charge >= 0.3 is 0 Å². The van der Waals surface area contributed by atoms with Gasteiger partial charge in [-0.1, -0.05) is 69.7 Å². The molecule has 0 aliphatic rings. The Balaban J connectivity index is 2.52. The Morgan fingerprint density at radius 1 is 0.941 bits per heavy atom. The maximum Gasteiger partial charge on any atom is -0.0133 e. The maximum atomic E-state index is 2.34. The standard InChI is InChI=1S/C17H22/c1-4-8-15(13(2)3)17-12-7-10-14-9-5-6-11-16(14)17/h5-7,9-13,15H,4,8H2,1-3H3. The summed E-state index contributed by atoms with van der Waals surface area (Å²) >= 11 is 0. The van der Waals surface area contributed by atoms with Gasteiger partial charge in [-0.3, -0.25) is 0 Å². The lowest BCUT2D eigenvalue weighted by atomic mass is 9.82. The predicted molar refractivity (Wildman–Crippen MR) is 76.4 cm³/mol. The van der Waals surface area contributed by atoms with Crippen LogP contribution in [0.5, 0.6) is 0 Å². The number of fused-ring (bicyclic) bond motifs is 1. The highest BCUT2D eigenvalue weighted by Crippen LogP contribution is 2.33. The smallest absolute Gasteiger partial charge is 0.0133 e. The molecule has 0 bridgehead atoms. The van der Waals surface area contributed by atoms with Crippen LogP contribution in [-0.4, -0.2) is 0 Å². The van der Waals surface area contributed by atoms with Crippen LogP contribution >= 0.6 is 0 Å². The van der Waals surface area contributed by atoms with Crippen LogP contribution in [0.15, 0.2) is 42.5 Å². The van der Waals surface area contributed by atoms with E-state index >= 15 is 0 Å². The Bertz CT molecular complexity index is 477. The maximum absolute atomic E-state index is 2.34. The molecule has 0 nitrogen and oxygen atoms in total. The second-order valence-electron chi connectivity index (χ2n) is 5.21. The Morgan fingerprint density at radius 3 is 2.35 bits per heavy atom. The molecule has 2 rings (SSSR count). The highest BCUT2D eigenvalue weighted by molar-refractivity contribution is 5.86. The predicted octanol–water partition coefficient (Wildman–Crippen LogP) is 5.38. The summed E-state index contributed by atoms with van der Waals surface area (Å²) < 4.78 is 0. The molecule has 1 atom stereocenters. The first-order valence-electron chi connectivity index (χ1n) is 6.71. The number of rotatable bonds is 4. The second-order valence-corrected chi connectivity index (χ2v) is 5.21. The van der Waals surface area contributed by atoms with Gasteiger partial charge in [-0.15, -0.1) is 0 Å². The lowest BCUT2D eigenvalue weighted by Gasteiger charge is -2.22. The van der Waals surface area contributed by atoms with Crippen molar-refractivity contribution >= 4 is 10.8 Å². The molecule has 0 radical (unpaired) electrons. The van der Waals surface area contributed by atoms with Crippen LogP contribution in [0.3, 0.4) is 0 Å². The van der Waals surface area contributed by atoms with E-state index in [0.29, 0.717) is 11.8 Å². The van der Waals surface area contributed by atoms with Crippen molar-refractivity contribution < 1.29 is 0 Å². The summed E-state index contributed by atoms with van der Waals surface area (Å²) in [6.45, 7) is 6.95. The van der Waals surface area contributed by atoms with Crippen LogP contribution in [0, 0.1) is 5.92 Å². The highest BCUT2D eigenvalue weighted by atomic mass is 14.2. The largest absolute Gasteiger partial charge is 0.0654 e. The topological polar surface area (TPSA) is 0 Å².